The quantitative estimate of drug-likeness (QED) is 0.481. The van der Waals surface area contributed by atoms with E-state index in [1.165, 1.54) is 6.92 Å². The van der Waals surface area contributed by atoms with Gasteiger partial charge in [0.05, 0.1) is 0 Å². The van der Waals surface area contributed by atoms with Gasteiger partial charge in [-0.2, -0.15) is 0 Å². The topological polar surface area (TPSA) is 72.3 Å². The number of hydrogen-bond acceptors (Lipinski definition) is 2. The van der Waals surface area contributed by atoms with E-state index < -0.39 is 6.03 Å². The molecule has 0 aromatic rings. The summed E-state index contributed by atoms with van der Waals surface area (Å²) in [4.78, 5) is 20.6. The predicted octanol–water partition coefficient (Wildman–Crippen LogP) is -0.629. The second-order valence-electron chi connectivity index (χ2n) is 1.62. The first-order valence-electron chi connectivity index (χ1n) is 2.92. The van der Waals surface area contributed by atoms with Crippen LogP contribution in [0.15, 0.2) is 0 Å². The van der Waals surface area contributed by atoms with E-state index in [1.54, 1.807) is 6.92 Å². The van der Waals surface area contributed by atoms with Crippen molar-refractivity contribution in [1.29, 1.82) is 0 Å². The van der Waals surface area contributed by atoms with Crippen molar-refractivity contribution in [2.45, 2.75) is 13.8 Å². The summed E-state index contributed by atoms with van der Waals surface area (Å²) in [6.45, 7) is 3.55. The van der Waals surface area contributed by atoms with Gasteiger partial charge in [0.2, 0.25) is 5.91 Å². The van der Waals surface area contributed by atoms with Crippen LogP contribution in [0.25, 0.3) is 0 Å². The van der Waals surface area contributed by atoms with Crippen molar-refractivity contribution >= 4 is 11.9 Å². The first-order chi connectivity index (χ1) is 4.66. The Bertz CT molecular complexity index is 135. The molecular weight excluding hydrogens is 134 g/mol. The van der Waals surface area contributed by atoms with Gasteiger partial charge in [-0.15, -0.1) is 5.43 Å². The normalized spacial score (nSPS) is 8.20. The van der Waals surface area contributed by atoms with E-state index >= 15 is 0 Å². The first-order valence-corrected chi connectivity index (χ1v) is 2.92. The Balaban J connectivity index is 3.30. The third kappa shape index (κ3) is 4.89. The van der Waals surface area contributed by atoms with Crippen LogP contribution in [-0.4, -0.2) is 18.5 Å². The molecule has 0 saturated heterocycles. The second kappa shape index (κ2) is 4.60. The van der Waals surface area contributed by atoms with Crippen molar-refractivity contribution in [3.05, 3.63) is 0 Å². The van der Waals surface area contributed by atoms with Gasteiger partial charge < -0.3 is 5.32 Å². The van der Waals surface area contributed by atoms with Crippen molar-refractivity contribution in [3.8, 4) is 0 Å². The highest BCUT2D eigenvalue weighted by molar-refractivity contribution is 5.79. The van der Waals surface area contributed by atoms with Gasteiger partial charge in [0.25, 0.3) is 0 Å². The van der Waals surface area contributed by atoms with Gasteiger partial charge in [-0.1, -0.05) is 0 Å². The zero-order chi connectivity index (χ0) is 7.98. The molecule has 3 amide bonds. The molecule has 0 aromatic carbocycles. The molecule has 0 aliphatic rings. The average molecular weight is 144 g/mol. The SMILES string of the molecule is CCNC(=O)[N]NC(C)=O. The highest BCUT2D eigenvalue weighted by Gasteiger charge is 1.98. The van der Waals surface area contributed by atoms with Crippen LogP contribution < -0.4 is 16.2 Å². The highest BCUT2D eigenvalue weighted by atomic mass is 16.2. The zero-order valence-corrected chi connectivity index (χ0v) is 5.97. The van der Waals surface area contributed by atoms with Crippen LogP contribution in [0.2, 0.25) is 0 Å². The van der Waals surface area contributed by atoms with Gasteiger partial charge in [0, 0.05) is 13.5 Å². The van der Waals surface area contributed by atoms with Crippen molar-refractivity contribution in [3.63, 3.8) is 0 Å². The Labute approximate surface area is 59.1 Å². The van der Waals surface area contributed by atoms with Gasteiger partial charge in [0.1, 0.15) is 0 Å². The Morgan fingerprint density at radius 1 is 1.50 bits per heavy atom. The van der Waals surface area contributed by atoms with Crippen LogP contribution >= 0.6 is 0 Å². The average Bonchev–Trinajstić information content (AvgIpc) is 1.85. The summed E-state index contributed by atoms with van der Waals surface area (Å²) in [5.74, 6) is -0.355. The summed E-state index contributed by atoms with van der Waals surface area (Å²) < 4.78 is 0. The molecule has 0 unspecified atom stereocenters. The molecular formula is C5H10N3O2. The summed E-state index contributed by atoms with van der Waals surface area (Å²) in [5.41, 5.74) is 5.17. The number of carbonyl (C=O) groups is 2. The van der Waals surface area contributed by atoms with E-state index in [1.807, 2.05) is 5.43 Å². The number of amides is 3. The minimum Gasteiger partial charge on any atom is -0.335 e. The predicted molar refractivity (Wildman–Crippen MR) is 35.0 cm³/mol. The van der Waals surface area contributed by atoms with E-state index in [9.17, 15) is 9.59 Å². The minimum absolute atomic E-state index is 0.355. The maximum absolute atomic E-state index is 10.5. The monoisotopic (exact) mass is 144 g/mol. The van der Waals surface area contributed by atoms with Crippen molar-refractivity contribution in [2.24, 2.45) is 0 Å². The molecule has 1 radical (unpaired) electrons. The number of urea groups is 1. The summed E-state index contributed by atoms with van der Waals surface area (Å²) in [5, 5.41) is 2.38. The molecule has 0 fully saturated rings. The van der Waals surface area contributed by atoms with Crippen LogP contribution in [0.1, 0.15) is 13.8 Å². The molecule has 0 bridgehead atoms. The molecule has 0 spiro atoms. The Morgan fingerprint density at radius 3 is 2.50 bits per heavy atom. The van der Waals surface area contributed by atoms with Crippen LogP contribution in [0.5, 0.6) is 0 Å². The number of nitrogens with zero attached hydrogens (tertiary/aromatic N) is 1. The fourth-order valence-corrected chi connectivity index (χ4v) is 0.320. The lowest BCUT2D eigenvalue weighted by Crippen LogP contribution is -2.40. The number of nitrogens with one attached hydrogen (secondary N) is 2. The lowest BCUT2D eigenvalue weighted by atomic mass is 10.7. The minimum atomic E-state index is -0.530. The summed E-state index contributed by atoms with van der Waals surface area (Å²) in [7, 11) is 0. The molecule has 57 valence electrons. The molecule has 0 heterocycles. The van der Waals surface area contributed by atoms with Gasteiger partial charge in [-0.05, 0) is 6.92 Å². The second-order valence-corrected chi connectivity index (χ2v) is 1.62. The van der Waals surface area contributed by atoms with Gasteiger partial charge >= 0.3 is 6.03 Å². The Morgan fingerprint density at radius 2 is 2.10 bits per heavy atom. The fourth-order valence-electron chi connectivity index (χ4n) is 0.320. The largest absolute Gasteiger partial charge is 0.357 e. The molecule has 0 rings (SSSR count). The van der Waals surface area contributed by atoms with Crippen LogP contribution in [-0.2, 0) is 4.79 Å². The number of hydrogen-bond donors (Lipinski definition) is 2. The smallest absolute Gasteiger partial charge is 0.335 e. The van der Waals surface area contributed by atoms with Gasteiger partial charge in [0.15, 0.2) is 0 Å². The molecule has 10 heavy (non-hydrogen) atoms. The molecule has 0 saturated carbocycles. The molecule has 0 atom stereocenters. The van der Waals surface area contributed by atoms with E-state index in [0.717, 1.165) is 0 Å². The molecule has 2 N–H and O–H groups in total. The van der Waals surface area contributed by atoms with E-state index in [2.05, 4.69) is 10.7 Å². The van der Waals surface area contributed by atoms with Gasteiger partial charge in [-0.25, -0.2) is 10.2 Å². The van der Waals surface area contributed by atoms with Crippen molar-refractivity contribution in [2.75, 3.05) is 6.54 Å². The van der Waals surface area contributed by atoms with E-state index in [4.69, 9.17) is 0 Å². The molecule has 5 heteroatoms. The maximum Gasteiger partial charge on any atom is 0.357 e. The number of rotatable bonds is 1. The molecule has 5 nitrogen and oxygen atoms in total. The standard InChI is InChI=1S/C5H10N3O2/c1-3-6-5(10)8-7-4(2)9/h3H2,1-2H3,(H,6,10)(H,7,9). The lowest BCUT2D eigenvalue weighted by Gasteiger charge is -2.00. The van der Waals surface area contributed by atoms with Gasteiger partial charge in [-0.3, -0.25) is 4.79 Å². The van der Waals surface area contributed by atoms with E-state index in [-0.39, 0.29) is 5.91 Å². The zero-order valence-electron chi connectivity index (χ0n) is 5.97. The maximum atomic E-state index is 10.5. The third-order valence-corrected chi connectivity index (χ3v) is 0.643. The van der Waals surface area contributed by atoms with Crippen LogP contribution in [0.3, 0.4) is 0 Å². The molecule has 0 aromatic heterocycles. The van der Waals surface area contributed by atoms with Crippen LogP contribution in [0.4, 0.5) is 4.79 Å². The number of carbonyl (C=O) groups excluding carboxylic acids is 2. The summed E-state index contributed by atoms with van der Waals surface area (Å²) in [6.07, 6.45) is 0. The summed E-state index contributed by atoms with van der Waals surface area (Å²) in [6, 6.07) is -0.530. The van der Waals surface area contributed by atoms with Crippen molar-refractivity contribution in [1.82, 2.24) is 16.2 Å². The Kier molecular flexibility index (Phi) is 4.02. The molecule has 0 aliphatic carbocycles. The lowest BCUT2D eigenvalue weighted by molar-refractivity contribution is -0.119. The van der Waals surface area contributed by atoms with E-state index in [0.29, 0.717) is 6.54 Å². The first kappa shape index (κ1) is 8.74. The summed E-state index contributed by atoms with van der Waals surface area (Å²) >= 11 is 0. The highest BCUT2D eigenvalue weighted by Crippen LogP contribution is 1.62. The van der Waals surface area contributed by atoms with Crippen molar-refractivity contribution < 1.29 is 9.59 Å². The fraction of sp³-hybridized carbons (Fsp3) is 0.600. The molecule has 0 aliphatic heterocycles. The Hall–Kier alpha value is -1.26. The third-order valence-electron chi connectivity index (χ3n) is 0.643. The van der Waals surface area contributed by atoms with Crippen LogP contribution in [0, 0.1) is 0 Å².